The number of nitrogens with one attached hydrogen (secondary N) is 2. The third kappa shape index (κ3) is 3.95. The van der Waals surface area contributed by atoms with Gasteiger partial charge in [0.1, 0.15) is 5.82 Å². The Bertz CT molecular complexity index is 534. The zero-order valence-electron chi connectivity index (χ0n) is 12.4. The van der Waals surface area contributed by atoms with Gasteiger partial charge in [0.15, 0.2) is 5.82 Å². The van der Waals surface area contributed by atoms with Gasteiger partial charge in [-0.3, -0.25) is 4.98 Å². The first kappa shape index (κ1) is 14.3. The summed E-state index contributed by atoms with van der Waals surface area (Å²) >= 11 is 0. The average Bonchev–Trinajstić information content (AvgIpc) is 2.46. The van der Waals surface area contributed by atoms with Crippen LogP contribution in [0.15, 0.2) is 36.7 Å². The Kier molecular flexibility index (Phi) is 4.93. The van der Waals surface area contributed by atoms with Crippen LogP contribution in [0.1, 0.15) is 38.7 Å². The summed E-state index contributed by atoms with van der Waals surface area (Å²) in [5.41, 5.74) is 2.36. The molecule has 2 aromatic rings. The standard InChI is InChI=1S/C16H22N4/c1-4-9-18-15-10-17-11-16(20-15)19-14-7-5-13(6-8-14)12(2)3/h5-8,10-12H,4,9H2,1-3H3,(H2,18,19,20). The van der Waals surface area contributed by atoms with Gasteiger partial charge in [0.2, 0.25) is 0 Å². The average molecular weight is 270 g/mol. The third-order valence-electron chi connectivity index (χ3n) is 3.04. The number of anilines is 3. The summed E-state index contributed by atoms with van der Waals surface area (Å²) in [4.78, 5) is 8.67. The van der Waals surface area contributed by atoms with E-state index >= 15 is 0 Å². The predicted molar refractivity (Wildman–Crippen MR) is 84.6 cm³/mol. The van der Waals surface area contributed by atoms with E-state index < -0.39 is 0 Å². The summed E-state index contributed by atoms with van der Waals surface area (Å²) in [7, 11) is 0. The van der Waals surface area contributed by atoms with Crippen molar-refractivity contribution in [2.45, 2.75) is 33.1 Å². The Morgan fingerprint density at radius 3 is 2.40 bits per heavy atom. The molecule has 0 atom stereocenters. The van der Waals surface area contributed by atoms with E-state index in [1.807, 2.05) is 0 Å². The van der Waals surface area contributed by atoms with Gasteiger partial charge in [-0.25, -0.2) is 4.98 Å². The first-order chi connectivity index (χ1) is 9.69. The quantitative estimate of drug-likeness (QED) is 0.827. The van der Waals surface area contributed by atoms with Crippen LogP contribution in [0.4, 0.5) is 17.3 Å². The second kappa shape index (κ2) is 6.89. The normalized spacial score (nSPS) is 10.6. The van der Waals surface area contributed by atoms with Crippen LogP contribution in [0.5, 0.6) is 0 Å². The zero-order chi connectivity index (χ0) is 14.4. The molecule has 0 fully saturated rings. The summed E-state index contributed by atoms with van der Waals surface area (Å²) in [6.07, 6.45) is 4.53. The highest BCUT2D eigenvalue weighted by Gasteiger charge is 2.01. The maximum atomic E-state index is 4.48. The summed E-state index contributed by atoms with van der Waals surface area (Å²) in [5.74, 6) is 2.10. The van der Waals surface area contributed by atoms with Crippen molar-refractivity contribution in [1.29, 1.82) is 0 Å². The van der Waals surface area contributed by atoms with Crippen LogP contribution in [0.2, 0.25) is 0 Å². The molecule has 2 rings (SSSR count). The van der Waals surface area contributed by atoms with E-state index in [1.54, 1.807) is 12.4 Å². The predicted octanol–water partition coefficient (Wildman–Crippen LogP) is 4.17. The molecule has 1 aromatic carbocycles. The van der Waals surface area contributed by atoms with Gasteiger partial charge in [-0.15, -0.1) is 0 Å². The molecule has 0 bridgehead atoms. The molecule has 0 unspecified atom stereocenters. The molecule has 4 nitrogen and oxygen atoms in total. The van der Waals surface area contributed by atoms with Gasteiger partial charge in [0.25, 0.3) is 0 Å². The van der Waals surface area contributed by atoms with Gasteiger partial charge in [0, 0.05) is 12.2 Å². The highest BCUT2D eigenvalue weighted by Crippen LogP contribution is 2.19. The molecule has 106 valence electrons. The number of nitrogens with zero attached hydrogens (tertiary/aromatic N) is 2. The number of benzene rings is 1. The van der Waals surface area contributed by atoms with Crippen molar-refractivity contribution >= 4 is 17.3 Å². The number of aromatic nitrogens is 2. The lowest BCUT2D eigenvalue weighted by Crippen LogP contribution is -2.04. The summed E-state index contributed by atoms with van der Waals surface area (Å²) in [5, 5.41) is 6.50. The van der Waals surface area contributed by atoms with Crippen LogP contribution in [-0.2, 0) is 0 Å². The first-order valence-electron chi connectivity index (χ1n) is 7.12. The molecule has 20 heavy (non-hydrogen) atoms. The minimum Gasteiger partial charge on any atom is -0.369 e. The molecule has 2 N–H and O–H groups in total. The van der Waals surface area contributed by atoms with Crippen LogP contribution in [0.3, 0.4) is 0 Å². The number of hydrogen-bond acceptors (Lipinski definition) is 4. The van der Waals surface area contributed by atoms with Gasteiger partial charge in [-0.2, -0.15) is 0 Å². The van der Waals surface area contributed by atoms with Crippen molar-refractivity contribution in [2.75, 3.05) is 17.2 Å². The van der Waals surface area contributed by atoms with Crippen LogP contribution >= 0.6 is 0 Å². The maximum Gasteiger partial charge on any atom is 0.151 e. The maximum absolute atomic E-state index is 4.48. The Balaban J connectivity index is 2.05. The van der Waals surface area contributed by atoms with Crippen LogP contribution < -0.4 is 10.6 Å². The highest BCUT2D eigenvalue weighted by molar-refractivity contribution is 5.57. The van der Waals surface area contributed by atoms with E-state index in [2.05, 4.69) is 65.6 Å². The fourth-order valence-corrected chi connectivity index (χ4v) is 1.86. The molecule has 4 heteroatoms. The molecule has 0 spiro atoms. The summed E-state index contributed by atoms with van der Waals surface area (Å²) < 4.78 is 0. The molecular weight excluding hydrogens is 248 g/mol. The topological polar surface area (TPSA) is 49.8 Å². The van der Waals surface area contributed by atoms with E-state index in [0.717, 1.165) is 30.3 Å². The van der Waals surface area contributed by atoms with Gasteiger partial charge in [-0.05, 0) is 30.0 Å². The van der Waals surface area contributed by atoms with Crippen molar-refractivity contribution in [3.8, 4) is 0 Å². The number of hydrogen-bond donors (Lipinski definition) is 2. The van der Waals surface area contributed by atoms with Crippen LogP contribution in [0.25, 0.3) is 0 Å². The Labute approximate surface area is 120 Å². The van der Waals surface area contributed by atoms with Crippen molar-refractivity contribution in [3.63, 3.8) is 0 Å². The second-order valence-corrected chi connectivity index (χ2v) is 5.12. The van der Waals surface area contributed by atoms with Crippen molar-refractivity contribution in [2.24, 2.45) is 0 Å². The second-order valence-electron chi connectivity index (χ2n) is 5.12. The molecular formula is C16H22N4. The minimum atomic E-state index is 0.547. The van der Waals surface area contributed by atoms with E-state index in [9.17, 15) is 0 Å². The molecule has 0 saturated carbocycles. The third-order valence-corrected chi connectivity index (χ3v) is 3.04. The van der Waals surface area contributed by atoms with Crippen molar-refractivity contribution < 1.29 is 0 Å². The minimum absolute atomic E-state index is 0.547. The zero-order valence-corrected chi connectivity index (χ0v) is 12.4. The van der Waals surface area contributed by atoms with Gasteiger partial charge in [0.05, 0.1) is 12.4 Å². The molecule has 0 radical (unpaired) electrons. The number of rotatable bonds is 6. The molecule has 1 heterocycles. The van der Waals surface area contributed by atoms with E-state index in [4.69, 9.17) is 0 Å². The lowest BCUT2D eigenvalue weighted by atomic mass is 10.0. The Hall–Kier alpha value is -2.10. The monoisotopic (exact) mass is 270 g/mol. The lowest BCUT2D eigenvalue weighted by molar-refractivity contribution is 0.867. The summed E-state index contributed by atoms with van der Waals surface area (Å²) in [6, 6.07) is 8.42. The van der Waals surface area contributed by atoms with Gasteiger partial charge in [-0.1, -0.05) is 32.9 Å². The van der Waals surface area contributed by atoms with Crippen LogP contribution in [-0.4, -0.2) is 16.5 Å². The molecule has 0 aliphatic heterocycles. The molecule has 0 amide bonds. The van der Waals surface area contributed by atoms with Crippen molar-refractivity contribution in [3.05, 3.63) is 42.2 Å². The van der Waals surface area contributed by atoms with Crippen molar-refractivity contribution in [1.82, 2.24) is 9.97 Å². The Morgan fingerprint density at radius 1 is 1.05 bits per heavy atom. The van der Waals surface area contributed by atoms with Crippen LogP contribution in [0, 0.1) is 0 Å². The lowest BCUT2D eigenvalue weighted by Gasteiger charge is -2.10. The van der Waals surface area contributed by atoms with Gasteiger partial charge < -0.3 is 10.6 Å². The fourth-order valence-electron chi connectivity index (χ4n) is 1.86. The van der Waals surface area contributed by atoms with E-state index in [1.165, 1.54) is 5.56 Å². The summed E-state index contributed by atoms with van der Waals surface area (Å²) in [6.45, 7) is 7.41. The first-order valence-corrected chi connectivity index (χ1v) is 7.12. The Morgan fingerprint density at radius 2 is 1.75 bits per heavy atom. The molecule has 0 saturated heterocycles. The highest BCUT2D eigenvalue weighted by atomic mass is 15.1. The van der Waals surface area contributed by atoms with E-state index in [0.29, 0.717) is 5.92 Å². The molecule has 0 aliphatic rings. The van der Waals surface area contributed by atoms with Gasteiger partial charge >= 0.3 is 0 Å². The largest absolute Gasteiger partial charge is 0.369 e. The van der Waals surface area contributed by atoms with E-state index in [-0.39, 0.29) is 0 Å². The smallest absolute Gasteiger partial charge is 0.151 e. The molecule has 1 aromatic heterocycles. The fraction of sp³-hybridized carbons (Fsp3) is 0.375. The molecule has 0 aliphatic carbocycles. The SMILES string of the molecule is CCCNc1cncc(Nc2ccc(C(C)C)cc2)n1.